The summed E-state index contributed by atoms with van der Waals surface area (Å²) in [6.07, 6.45) is 9.79. The first-order valence-corrected chi connectivity index (χ1v) is 8.15. The van der Waals surface area contributed by atoms with E-state index >= 15 is 0 Å². The molecule has 0 rings (SSSR count). The maximum atomic E-state index is 11.8. The van der Waals surface area contributed by atoms with Crippen LogP contribution >= 0.6 is 0 Å². The largest absolute Gasteiger partial charge is 0.355 e. The number of unbranched alkanes of at least 4 members (excludes halogenated alkanes) is 5. The molecule has 0 aliphatic heterocycles. The fourth-order valence-corrected chi connectivity index (χ4v) is 2.20. The molecule has 114 valence electrons. The van der Waals surface area contributed by atoms with E-state index in [0.717, 1.165) is 19.4 Å². The van der Waals surface area contributed by atoms with Gasteiger partial charge in [-0.25, -0.2) is 0 Å². The molecule has 0 bridgehead atoms. The molecule has 2 atom stereocenters. The zero-order chi connectivity index (χ0) is 14.5. The highest BCUT2D eigenvalue weighted by molar-refractivity contribution is 5.81. The summed E-state index contributed by atoms with van der Waals surface area (Å²) < 4.78 is 0. The van der Waals surface area contributed by atoms with Crippen LogP contribution in [0, 0.1) is 0 Å². The van der Waals surface area contributed by atoms with Crippen molar-refractivity contribution in [1.29, 1.82) is 0 Å². The second kappa shape index (κ2) is 12.5. The summed E-state index contributed by atoms with van der Waals surface area (Å²) in [6.45, 7) is 9.34. The minimum atomic E-state index is -0.0807. The van der Waals surface area contributed by atoms with Gasteiger partial charge in [0.15, 0.2) is 0 Å². The minimum absolute atomic E-state index is 0.0807. The van der Waals surface area contributed by atoms with E-state index in [4.69, 9.17) is 0 Å². The quantitative estimate of drug-likeness (QED) is 0.532. The highest BCUT2D eigenvalue weighted by atomic mass is 16.2. The third kappa shape index (κ3) is 11.0. The Labute approximate surface area is 119 Å². The number of amides is 1. The first-order valence-electron chi connectivity index (χ1n) is 8.15. The number of nitrogens with one attached hydrogen (secondary N) is 2. The van der Waals surface area contributed by atoms with Gasteiger partial charge in [-0.3, -0.25) is 4.79 Å². The molecule has 2 N–H and O–H groups in total. The number of hydrogen-bond acceptors (Lipinski definition) is 2. The Kier molecular flexibility index (Phi) is 12.1. The topological polar surface area (TPSA) is 41.1 Å². The van der Waals surface area contributed by atoms with Crippen LogP contribution in [0.25, 0.3) is 0 Å². The third-order valence-electron chi connectivity index (χ3n) is 3.50. The zero-order valence-corrected chi connectivity index (χ0v) is 13.4. The van der Waals surface area contributed by atoms with Gasteiger partial charge in [0.25, 0.3) is 0 Å². The van der Waals surface area contributed by atoms with Gasteiger partial charge >= 0.3 is 0 Å². The predicted molar refractivity (Wildman–Crippen MR) is 83.4 cm³/mol. The molecular weight excluding hydrogens is 236 g/mol. The smallest absolute Gasteiger partial charge is 0.236 e. The van der Waals surface area contributed by atoms with Crippen molar-refractivity contribution in [3.63, 3.8) is 0 Å². The van der Waals surface area contributed by atoms with Gasteiger partial charge in [-0.15, -0.1) is 0 Å². The third-order valence-corrected chi connectivity index (χ3v) is 3.50. The van der Waals surface area contributed by atoms with Gasteiger partial charge in [-0.2, -0.15) is 0 Å². The molecule has 19 heavy (non-hydrogen) atoms. The van der Waals surface area contributed by atoms with Crippen molar-refractivity contribution in [1.82, 2.24) is 10.6 Å². The number of rotatable bonds is 12. The van der Waals surface area contributed by atoms with Crippen LogP contribution in [0.15, 0.2) is 0 Å². The second-order valence-electron chi connectivity index (χ2n) is 5.64. The summed E-state index contributed by atoms with van der Waals surface area (Å²) in [7, 11) is 0. The van der Waals surface area contributed by atoms with Crippen molar-refractivity contribution in [2.75, 3.05) is 6.54 Å². The molecule has 0 radical (unpaired) electrons. The summed E-state index contributed by atoms with van der Waals surface area (Å²) in [5.41, 5.74) is 0. The van der Waals surface area contributed by atoms with Gasteiger partial charge in [-0.05, 0) is 26.7 Å². The molecule has 0 fully saturated rings. The standard InChI is InChI=1S/C16H34N2O/c1-5-7-9-10-12-14(3)18-15(4)16(19)17-13-11-8-6-2/h14-15,18H,5-13H2,1-4H3,(H,17,19). The van der Waals surface area contributed by atoms with Gasteiger partial charge in [-0.1, -0.05) is 52.4 Å². The van der Waals surface area contributed by atoms with E-state index in [9.17, 15) is 4.79 Å². The molecule has 0 aromatic heterocycles. The van der Waals surface area contributed by atoms with Crippen molar-refractivity contribution in [2.24, 2.45) is 0 Å². The van der Waals surface area contributed by atoms with Gasteiger partial charge < -0.3 is 10.6 Å². The summed E-state index contributed by atoms with van der Waals surface area (Å²) in [4.78, 5) is 11.8. The second-order valence-corrected chi connectivity index (χ2v) is 5.64. The fraction of sp³-hybridized carbons (Fsp3) is 0.938. The van der Waals surface area contributed by atoms with E-state index in [1.165, 1.54) is 38.5 Å². The van der Waals surface area contributed by atoms with E-state index in [2.05, 4.69) is 31.4 Å². The molecule has 0 aliphatic carbocycles. The highest BCUT2D eigenvalue weighted by Crippen LogP contribution is 2.05. The summed E-state index contributed by atoms with van der Waals surface area (Å²) in [5, 5.41) is 6.38. The van der Waals surface area contributed by atoms with Gasteiger partial charge in [0, 0.05) is 12.6 Å². The molecule has 0 saturated carbocycles. The van der Waals surface area contributed by atoms with Crippen LogP contribution in [0.4, 0.5) is 0 Å². The minimum Gasteiger partial charge on any atom is -0.355 e. The SMILES string of the molecule is CCCCCCC(C)NC(C)C(=O)NCCCCC. The summed E-state index contributed by atoms with van der Waals surface area (Å²) in [5.74, 6) is 0.136. The monoisotopic (exact) mass is 270 g/mol. The highest BCUT2D eigenvalue weighted by Gasteiger charge is 2.14. The average molecular weight is 270 g/mol. The van der Waals surface area contributed by atoms with E-state index < -0.39 is 0 Å². The Balaban J connectivity index is 3.63. The maximum Gasteiger partial charge on any atom is 0.236 e. The molecule has 1 amide bonds. The lowest BCUT2D eigenvalue weighted by atomic mass is 10.1. The first kappa shape index (κ1) is 18.4. The summed E-state index contributed by atoms with van der Waals surface area (Å²) in [6, 6.07) is 0.344. The van der Waals surface area contributed by atoms with Gasteiger partial charge in [0.05, 0.1) is 6.04 Å². The van der Waals surface area contributed by atoms with E-state index in [0.29, 0.717) is 6.04 Å². The molecule has 0 aliphatic rings. The Bertz CT molecular complexity index is 219. The van der Waals surface area contributed by atoms with Crippen molar-refractivity contribution >= 4 is 5.91 Å². The molecular formula is C16H34N2O. The van der Waals surface area contributed by atoms with Crippen molar-refractivity contribution in [2.45, 2.75) is 91.1 Å². The lowest BCUT2D eigenvalue weighted by Gasteiger charge is -2.19. The van der Waals surface area contributed by atoms with Crippen LogP contribution < -0.4 is 10.6 Å². The van der Waals surface area contributed by atoms with Crippen LogP contribution in [0.5, 0.6) is 0 Å². The van der Waals surface area contributed by atoms with Crippen LogP contribution in [0.3, 0.4) is 0 Å². The lowest BCUT2D eigenvalue weighted by molar-refractivity contribution is -0.122. The van der Waals surface area contributed by atoms with Gasteiger partial charge in [0.2, 0.25) is 5.91 Å². The summed E-state index contributed by atoms with van der Waals surface area (Å²) >= 11 is 0. The number of hydrogen-bond donors (Lipinski definition) is 2. The van der Waals surface area contributed by atoms with Crippen molar-refractivity contribution in [3.8, 4) is 0 Å². The Morgan fingerprint density at radius 2 is 1.58 bits per heavy atom. The molecule has 2 unspecified atom stereocenters. The Hall–Kier alpha value is -0.570. The molecule has 0 heterocycles. The number of carbonyl (C=O) groups excluding carboxylic acids is 1. The molecule has 0 aromatic rings. The first-order chi connectivity index (χ1) is 9.11. The van der Waals surface area contributed by atoms with Crippen LogP contribution in [-0.2, 0) is 4.79 Å². The fourth-order valence-electron chi connectivity index (χ4n) is 2.20. The van der Waals surface area contributed by atoms with E-state index in [1.54, 1.807) is 0 Å². The van der Waals surface area contributed by atoms with Gasteiger partial charge in [0.1, 0.15) is 0 Å². The van der Waals surface area contributed by atoms with Crippen molar-refractivity contribution in [3.05, 3.63) is 0 Å². The van der Waals surface area contributed by atoms with E-state index in [1.807, 2.05) is 6.92 Å². The maximum absolute atomic E-state index is 11.8. The Morgan fingerprint density at radius 3 is 2.21 bits per heavy atom. The zero-order valence-electron chi connectivity index (χ0n) is 13.4. The predicted octanol–water partition coefficient (Wildman–Crippen LogP) is 3.63. The average Bonchev–Trinajstić information content (AvgIpc) is 2.39. The molecule has 0 saturated heterocycles. The Morgan fingerprint density at radius 1 is 0.947 bits per heavy atom. The van der Waals surface area contributed by atoms with Crippen molar-refractivity contribution < 1.29 is 4.79 Å². The molecule has 3 heteroatoms. The van der Waals surface area contributed by atoms with Crippen LogP contribution in [0.2, 0.25) is 0 Å². The molecule has 3 nitrogen and oxygen atoms in total. The normalized spacial score (nSPS) is 14.1. The number of carbonyl (C=O) groups is 1. The van der Waals surface area contributed by atoms with Crippen LogP contribution in [0.1, 0.15) is 79.1 Å². The molecule has 0 aromatic carbocycles. The van der Waals surface area contributed by atoms with Crippen LogP contribution in [-0.4, -0.2) is 24.5 Å². The molecule has 0 spiro atoms. The lowest BCUT2D eigenvalue weighted by Crippen LogP contribution is -2.45. The van der Waals surface area contributed by atoms with E-state index in [-0.39, 0.29) is 11.9 Å².